The van der Waals surface area contributed by atoms with E-state index in [1.165, 1.54) is 6.07 Å². The summed E-state index contributed by atoms with van der Waals surface area (Å²) in [7, 11) is 1.62. The fraction of sp³-hybridized carbons (Fsp3) is 0.250. The summed E-state index contributed by atoms with van der Waals surface area (Å²) in [5.74, 6) is 0.865. The number of aromatic hydroxyl groups is 2. The van der Waals surface area contributed by atoms with Gasteiger partial charge >= 0.3 is 0 Å². The number of hydrogen-bond acceptors (Lipinski definition) is 4. The predicted octanol–water partition coefficient (Wildman–Crippen LogP) is 3.59. The minimum absolute atomic E-state index is 0.0478. The highest BCUT2D eigenvalue weighted by molar-refractivity contribution is 5.59. The van der Waals surface area contributed by atoms with Crippen molar-refractivity contribution in [2.24, 2.45) is 0 Å². The van der Waals surface area contributed by atoms with E-state index in [1.807, 2.05) is 32.0 Å². The molecule has 20 heavy (non-hydrogen) atoms. The maximum atomic E-state index is 9.89. The summed E-state index contributed by atoms with van der Waals surface area (Å²) in [6.45, 7) is 3.95. The standard InChI is InChI=1S/C16H19NO3/c1-10-4-7-16(20-3)14(8-10)17-11(2)13-6-5-12(18)9-15(13)19/h4-9,11,17-19H,1-3H3. The molecule has 0 spiro atoms. The van der Waals surface area contributed by atoms with E-state index in [9.17, 15) is 10.2 Å². The molecule has 0 radical (unpaired) electrons. The van der Waals surface area contributed by atoms with Gasteiger partial charge in [-0.2, -0.15) is 0 Å². The molecule has 0 aromatic heterocycles. The molecule has 0 saturated carbocycles. The van der Waals surface area contributed by atoms with Gasteiger partial charge in [0.05, 0.1) is 18.8 Å². The molecule has 1 atom stereocenters. The number of benzene rings is 2. The van der Waals surface area contributed by atoms with Gasteiger partial charge in [0.25, 0.3) is 0 Å². The summed E-state index contributed by atoms with van der Waals surface area (Å²) in [5.41, 5.74) is 2.70. The van der Waals surface area contributed by atoms with Crippen LogP contribution in [0, 0.1) is 6.92 Å². The smallest absolute Gasteiger partial charge is 0.141 e. The van der Waals surface area contributed by atoms with Crippen LogP contribution in [0.5, 0.6) is 17.2 Å². The van der Waals surface area contributed by atoms with E-state index in [4.69, 9.17) is 4.74 Å². The van der Waals surface area contributed by atoms with Crippen molar-refractivity contribution in [2.75, 3.05) is 12.4 Å². The van der Waals surface area contributed by atoms with Gasteiger partial charge in [0.2, 0.25) is 0 Å². The summed E-state index contributed by atoms with van der Waals surface area (Å²) in [4.78, 5) is 0. The summed E-state index contributed by atoms with van der Waals surface area (Å²) in [6, 6.07) is 10.3. The van der Waals surface area contributed by atoms with Gasteiger partial charge in [0.15, 0.2) is 0 Å². The van der Waals surface area contributed by atoms with E-state index in [0.29, 0.717) is 5.56 Å². The Labute approximate surface area is 118 Å². The van der Waals surface area contributed by atoms with Crippen LogP contribution in [-0.2, 0) is 0 Å². The van der Waals surface area contributed by atoms with Gasteiger partial charge in [-0.05, 0) is 43.7 Å². The van der Waals surface area contributed by atoms with E-state index in [1.54, 1.807) is 19.2 Å². The number of anilines is 1. The third kappa shape index (κ3) is 2.96. The maximum absolute atomic E-state index is 9.89. The second kappa shape index (κ2) is 5.74. The van der Waals surface area contributed by atoms with Gasteiger partial charge in [0.1, 0.15) is 17.2 Å². The quantitative estimate of drug-likeness (QED) is 0.796. The van der Waals surface area contributed by atoms with Gasteiger partial charge < -0.3 is 20.3 Å². The lowest BCUT2D eigenvalue weighted by Gasteiger charge is -2.19. The van der Waals surface area contributed by atoms with Crippen molar-refractivity contribution in [3.63, 3.8) is 0 Å². The van der Waals surface area contributed by atoms with Crippen LogP contribution in [0.4, 0.5) is 5.69 Å². The zero-order chi connectivity index (χ0) is 14.7. The third-order valence-corrected chi connectivity index (χ3v) is 3.21. The molecule has 3 N–H and O–H groups in total. The summed E-state index contributed by atoms with van der Waals surface area (Å²) in [6.07, 6.45) is 0. The Morgan fingerprint density at radius 1 is 1.10 bits per heavy atom. The molecule has 2 rings (SSSR count). The third-order valence-electron chi connectivity index (χ3n) is 3.21. The minimum atomic E-state index is -0.119. The molecule has 0 bridgehead atoms. The van der Waals surface area contributed by atoms with Crippen molar-refractivity contribution in [1.29, 1.82) is 0 Å². The van der Waals surface area contributed by atoms with Gasteiger partial charge in [-0.3, -0.25) is 0 Å². The normalized spacial score (nSPS) is 11.9. The fourth-order valence-electron chi connectivity index (χ4n) is 2.14. The molecular formula is C16H19NO3. The molecule has 1 unspecified atom stereocenters. The maximum Gasteiger partial charge on any atom is 0.141 e. The molecule has 0 aliphatic heterocycles. The Morgan fingerprint density at radius 2 is 1.85 bits per heavy atom. The highest BCUT2D eigenvalue weighted by atomic mass is 16.5. The minimum Gasteiger partial charge on any atom is -0.508 e. The number of aryl methyl sites for hydroxylation is 1. The first-order valence-corrected chi connectivity index (χ1v) is 6.44. The van der Waals surface area contributed by atoms with Crippen LogP contribution >= 0.6 is 0 Å². The number of rotatable bonds is 4. The van der Waals surface area contributed by atoms with Gasteiger partial charge in [-0.15, -0.1) is 0 Å². The lowest BCUT2D eigenvalue weighted by molar-refractivity contribution is 0.415. The molecule has 0 amide bonds. The lowest BCUT2D eigenvalue weighted by Crippen LogP contribution is -2.08. The second-order valence-corrected chi connectivity index (χ2v) is 4.81. The topological polar surface area (TPSA) is 61.7 Å². The van der Waals surface area contributed by atoms with Crippen molar-refractivity contribution in [1.82, 2.24) is 0 Å². The van der Waals surface area contributed by atoms with E-state index >= 15 is 0 Å². The number of phenols is 2. The van der Waals surface area contributed by atoms with Crippen LogP contribution in [0.1, 0.15) is 24.1 Å². The number of nitrogens with one attached hydrogen (secondary N) is 1. The predicted molar refractivity (Wildman–Crippen MR) is 79.5 cm³/mol. The van der Waals surface area contributed by atoms with Crippen LogP contribution in [0.25, 0.3) is 0 Å². The number of ether oxygens (including phenoxy) is 1. The van der Waals surface area contributed by atoms with Crippen LogP contribution in [0.3, 0.4) is 0 Å². The largest absolute Gasteiger partial charge is 0.508 e. The average Bonchev–Trinajstić information content (AvgIpc) is 2.38. The van der Waals surface area contributed by atoms with Gasteiger partial charge in [0, 0.05) is 11.6 Å². The zero-order valence-electron chi connectivity index (χ0n) is 11.8. The Morgan fingerprint density at radius 3 is 2.50 bits per heavy atom. The molecule has 4 heteroatoms. The lowest BCUT2D eigenvalue weighted by atomic mass is 10.1. The van der Waals surface area contributed by atoms with E-state index in [0.717, 1.165) is 17.0 Å². The Hall–Kier alpha value is -2.36. The molecular weight excluding hydrogens is 254 g/mol. The van der Waals surface area contributed by atoms with Crippen LogP contribution in [0.15, 0.2) is 36.4 Å². The Bertz CT molecular complexity index is 611. The molecule has 0 heterocycles. The van der Waals surface area contributed by atoms with E-state index in [-0.39, 0.29) is 17.5 Å². The summed E-state index contributed by atoms with van der Waals surface area (Å²) < 4.78 is 5.32. The van der Waals surface area contributed by atoms with Crippen molar-refractivity contribution in [2.45, 2.75) is 19.9 Å². The SMILES string of the molecule is COc1ccc(C)cc1NC(C)c1ccc(O)cc1O. The highest BCUT2D eigenvalue weighted by Crippen LogP contribution is 2.33. The summed E-state index contributed by atoms with van der Waals surface area (Å²) >= 11 is 0. The van der Waals surface area contributed by atoms with Gasteiger partial charge in [-0.25, -0.2) is 0 Å². The van der Waals surface area contributed by atoms with Crippen molar-refractivity contribution in [3.05, 3.63) is 47.5 Å². The van der Waals surface area contributed by atoms with E-state index in [2.05, 4.69) is 5.32 Å². The molecule has 2 aromatic rings. The first-order valence-electron chi connectivity index (χ1n) is 6.44. The second-order valence-electron chi connectivity index (χ2n) is 4.81. The van der Waals surface area contributed by atoms with Crippen molar-refractivity contribution >= 4 is 5.69 Å². The fourth-order valence-corrected chi connectivity index (χ4v) is 2.14. The number of hydrogen-bond donors (Lipinski definition) is 3. The van der Waals surface area contributed by atoms with Crippen LogP contribution < -0.4 is 10.1 Å². The number of methoxy groups -OCH3 is 1. The summed E-state index contributed by atoms with van der Waals surface area (Å²) in [5, 5.41) is 22.5. The first-order chi connectivity index (χ1) is 9.51. The first kappa shape index (κ1) is 14.1. The molecule has 0 aliphatic rings. The molecule has 0 fully saturated rings. The highest BCUT2D eigenvalue weighted by Gasteiger charge is 2.13. The molecule has 2 aromatic carbocycles. The van der Waals surface area contributed by atoms with Crippen molar-refractivity contribution < 1.29 is 14.9 Å². The molecule has 0 saturated heterocycles. The monoisotopic (exact) mass is 273 g/mol. The Balaban J connectivity index is 2.27. The van der Waals surface area contributed by atoms with Gasteiger partial charge in [-0.1, -0.05) is 6.07 Å². The molecule has 106 valence electrons. The van der Waals surface area contributed by atoms with E-state index < -0.39 is 0 Å². The van der Waals surface area contributed by atoms with Crippen molar-refractivity contribution in [3.8, 4) is 17.2 Å². The molecule has 4 nitrogen and oxygen atoms in total. The molecule has 0 aliphatic carbocycles. The average molecular weight is 273 g/mol. The number of phenolic OH excluding ortho intramolecular Hbond substituents is 2. The van der Waals surface area contributed by atoms with Crippen LogP contribution in [-0.4, -0.2) is 17.3 Å². The zero-order valence-corrected chi connectivity index (χ0v) is 11.8. The Kier molecular flexibility index (Phi) is 4.03. The van der Waals surface area contributed by atoms with Crippen LogP contribution in [0.2, 0.25) is 0 Å².